The van der Waals surface area contributed by atoms with Crippen LogP contribution in [0.4, 0.5) is 5.82 Å². The predicted molar refractivity (Wildman–Crippen MR) is 96.7 cm³/mol. The van der Waals surface area contributed by atoms with Gasteiger partial charge >= 0.3 is 0 Å². The van der Waals surface area contributed by atoms with Gasteiger partial charge in [-0.05, 0) is 32.0 Å². The van der Waals surface area contributed by atoms with Crippen LogP contribution in [0.2, 0.25) is 0 Å². The summed E-state index contributed by atoms with van der Waals surface area (Å²) in [6.07, 6.45) is 1.72. The summed E-state index contributed by atoms with van der Waals surface area (Å²) >= 11 is 0. The number of hydrogen-bond donors (Lipinski definition) is 2. The van der Waals surface area contributed by atoms with Gasteiger partial charge in [0.25, 0.3) is 0 Å². The van der Waals surface area contributed by atoms with Gasteiger partial charge in [0.2, 0.25) is 0 Å². The van der Waals surface area contributed by atoms with Gasteiger partial charge in [-0.3, -0.25) is 4.98 Å². The Kier molecular flexibility index (Phi) is 4.79. The zero-order valence-electron chi connectivity index (χ0n) is 14.4. The molecule has 0 saturated carbocycles. The molecule has 0 unspecified atom stereocenters. The van der Waals surface area contributed by atoms with Gasteiger partial charge in [-0.15, -0.1) is 0 Å². The maximum atomic E-state index is 10.2. The number of methoxy groups -OCH3 is 1. The fourth-order valence-corrected chi connectivity index (χ4v) is 2.46. The summed E-state index contributed by atoms with van der Waals surface area (Å²) in [5.74, 6) is 1.87. The van der Waals surface area contributed by atoms with Crippen molar-refractivity contribution >= 4 is 5.82 Å². The van der Waals surface area contributed by atoms with Crippen LogP contribution >= 0.6 is 0 Å². The molecule has 0 aliphatic carbocycles. The molecule has 0 saturated heterocycles. The molecular formula is C19H20N4O2. The first kappa shape index (κ1) is 16.7. The molecule has 1 aromatic carbocycles. The van der Waals surface area contributed by atoms with Gasteiger partial charge in [-0.25, -0.2) is 9.97 Å². The topological polar surface area (TPSA) is 80.2 Å². The first-order valence-corrected chi connectivity index (χ1v) is 7.95. The summed E-state index contributed by atoms with van der Waals surface area (Å²) in [4.78, 5) is 13.4. The minimum atomic E-state index is 0.130. The maximum absolute atomic E-state index is 10.2. The molecule has 0 atom stereocenters. The molecule has 6 heteroatoms. The van der Waals surface area contributed by atoms with E-state index >= 15 is 0 Å². The molecule has 3 rings (SSSR count). The monoisotopic (exact) mass is 336 g/mol. The number of aromatic nitrogens is 3. The molecule has 0 amide bonds. The number of benzene rings is 1. The number of rotatable bonds is 5. The number of phenols is 1. The van der Waals surface area contributed by atoms with Crippen molar-refractivity contribution in [2.75, 3.05) is 12.4 Å². The van der Waals surface area contributed by atoms with Crippen molar-refractivity contribution in [1.29, 1.82) is 0 Å². The highest BCUT2D eigenvalue weighted by molar-refractivity contribution is 5.56. The lowest BCUT2D eigenvalue weighted by atomic mass is 10.1. The van der Waals surface area contributed by atoms with Crippen LogP contribution in [0.15, 0.2) is 42.6 Å². The van der Waals surface area contributed by atoms with Gasteiger partial charge in [-0.1, -0.05) is 18.2 Å². The molecule has 128 valence electrons. The Balaban J connectivity index is 1.89. The number of ether oxygens (including phenoxy) is 1. The molecular weight excluding hydrogens is 316 g/mol. The third kappa shape index (κ3) is 3.52. The van der Waals surface area contributed by atoms with Crippen molar-refractivity contribution in [3.63, 3.8) is 0 Å². The number of pyridine rings is 1. The molecule has 0 aliphatic heterocycles. The normalized spacial score (nSPS) is 10.5. The highest BCUT2D eigenvalue weighted by Gasteiger charge is 2.12. The summed E-state index contributed by atoms with van der Waals surface area (Å²) < 4.78 is 5.15. The highest BCUT2D eigenvalue weighted by atomic mass is 16.5. The highest BCUT2D eigenvalue weighted by Crippen LogP contribution is 2.30. The van der Waals surface area contributed by atoms with Crippen molar-refractivity contribution in [3.8, 4) is 23.0 Å². The fraction of sp³-hybridized carbons (Fsp3) is 0.211. The van der Waals surface area contributed by atoms with E-state index in [1.807, 2.05) is 44.2 Å². The minimum absolute atomic E-state index is 0.130. The Morgan fingerprint density at radius 1 is 1.08 bits per heavy atom. The van der Waals surface area contributed by atoms with Gasteiger partial charge in [0, 0.05) is 29.6 Å². The van der Waals surface area contributed by atoms with Gasteiger partial charge < -0.3 is 15.2 Å². The van der Waals surface area contributed by atoms with E-state index < -0.39 is 0 Å². The number of nitrogens with zero attached hydrogens (tertiary/aromatic N) is 3. The molecule has 25 heavy (non-hydrogen) atoms. The average molecular weight is 336 g/mol. The van der Waals surface area contributed by atoms with E-state index in [9.17, 15) is 5.11 Å². The number of aryl methyl sites for hydroxylation is 1. The number of nitrogens with one attached hydrogen (secondary N) is 1. The van der Waals surface area contributed by atoms with Crippen molar-refractivity contribution in [3.05, 3.63) is 59.4 Å². The Bertz CT molecular complexity index is 882. The first-order chi connectivity index (χ1) is 12.1. The average Bonchev–Trinajstić information content (AvgIpc) is 2.64. The number of aromatic hydroxyl groups is 1. The van der Waals surface area contributed by atoms with Crippen molar-refractivity contribution in [2.24, 2.45) is 0 Å². The van der Waals surface area contributed by atoms with E-state index in [1.54, 1.807) is 12.3 Å². The van der Waals surface area contributed by atoms with E-state index in [-0.39, 0.29) is 5.75 Å². The fourth-order valence-electron chi connectivity index (χ4n) is 2.46. The SMILES string of the molecule is COc1cccc(CNc2nc(-c3ccccn3)nc(C)c2C)c1O. The smallest absolute Gasteiger partial charge is 0.180 e. The minimum Gasteiger partial charge on any atom is -0.504 e. The summed E-state index contributed by atoms with van der Waals surface area (Å²) in [6.45, 7) is 4.32. The predicted octanol–water partition coefficient (Wildman–Crippen LogP) is 3.48. The maximum Gasteiger partial charge on any atom is 0.180 e. The van der Waals surface area contributed by atoms with Crippen molar-refractivity contribution in [1.82, 2.24) is 15.0 Å². The molecule has 2 N–H and O–H groups in total. The van der Waals surface area contributed by atoms with Crippen LogP contribution in [0.25, 0.3) is 11.5 Å². The second-order valence-corrected chi connectivity index (χ2v) is 5.64. The van der Waals surface area contributed by atoms with Crippen LogP contribution in [-0.4, -0.2) is 27.2 Å². The second-order valence-electron chi connectivity index (χ2n) is 5.64. The third-order valence-electron chi connectivity index (χ3n) is 4.03. The van der Waals surface area contributed by atoms with Gasteiger partial charge in [-0.2, -0.15) is 0 Å². The molecule has 3 aromatic rings. The van der Waals surface area contributed by atoms with Crippen LogP contribution < -0.4 is 10.1 Å². The number of anilines is 1. The Labute approximate surface area is 146 Å². The van der Waals surface area contributed by atoms with Gasteiger partial charge in [0.05, 0.1) is 7.11 Å². The van der Waals surface area contributed by atoms with Crippen LogP contribution in [0.1, 0.15) is 16.8 Å². The van der Waals surface area contributed by atoms with Gasteiger partial charge in [0.1, 0.15) is 11.5 Å². The van der Waals surface area contributed by atoms with Crippen molar-refractivity contribution < 1.29 is 9.84 Å². The Morgan fingerprint density at radius 2 is 1.92 bits per heavy atom. The zero-order chi connectivity index (χ0) is 17.8. The van der Waals surface area contributed by atoms with E-state index in [2.05, 4.69) is 20.3 Å². The van der Waals surface area contributed by atoms with E-state index in [4.69, 9.17) is 4.74 Å². The van der Waals surface area contributed by atoms with Crippen LogP contribution in [0, 0.1) is 13.8 Å². The lowest BCUT2D eigenvalue weighted by Gasteiger charge is -2.14. The summed E-state index contributed by atoms with van der Waals surface area (Å²) in [6, 6.07) is 11.0. The number of phenolic OH excluding ortho intramolecular Hbond substituents is 1. The summed E-state index contributed by atoms with van der Waals surface area (Å²) in [5, 5.41) is 13.5. The molecule has 2 aromatic heterocycles. The molecule has 0 radical (unpaired) electrons. The van der Waals surface area contributed by atoms with E-state index in [0.29, 0.717) is 18.1 Å². The number of hydrogen-bond acceptors (Lipinski definition) is 6. The summed E-state index contributed by atoms with van der Waals surface area (Å²) in [7, 11) is 1.53. The van der Waals surface area contributed by atoms with Crippen LogP contribution in [0.3, 0.4) is 0 Å². The van der Waals surface area contributed by atoms with Crippen molar-refractivity contribution in [2.45, 2.75) is 20.4 Å². The zero-order valence-corrected chi connectivity index (χ0v) is 14.4. The molecule has 0 spiro atoms. The van der Waals surface area contributed by atoms with Crippen LogP contribution in [0.5, 0.6) is 11.5 Å². The standard InChI is InChI=1S/C19H20N4O2/c1-12-13(2)22-19(15-8-4-5-10-20-15)23-18(12)21-11-14-7-6-9-16(25-3)17(14)24/h4-10,24H,11H2,1-3H3,(H,21,22,23). The quantitative estimate of drug-likeness (QED) is 0.742. The Hall–Kier alpha value is -3.15. The lowest BCUT2D eigenvalue weighted by molar-refractivity contribution is 0.371. The molecule has 6 nitrogen and oxygen atoms in total. The van der Waals surface area contributed by atoms with E-state index in [1.165, 1.54) is 7.11 Å². The first-order valence-electron chi connectivity index (χ1n) is 7.95. The third-order valence-corrected chi connectivity index (χ3v) is 4.03. The largest absolute Gasteiger partial charge is 0.504 e. The molecule has 0 fully saturated rings. The van der Waals surface area contributed by atoms with Gasteiger partial charge in [0.15, 0.2) is 17.3 Å². The number of para-hydroxylation sites is 1. The second kappa shape index (κ2) is 7.17. The van der Waals surface area contributed by atoms with Crippen LogP contribution in [-0.2, 0) is 6.54 Å². The lowest BCUT2D eigenvalue weighted by Crippen LogP contribution is -2.07. The molecule has 0 bridgehead atoms. The molecule has 2 heterocycles. The molecule has 0 aliphatic rings. The Morgan fingerprint density at radius 3 is 2.64 bits per heavy atom. The van der Waals surface area contributed by atoms with E-state index in [0.717, 1.165) is 28.3 Å². The summed E-state index contributed by atoms with van der Waals surface area (Å²) in [5.41, 5.74) is 3.29.